The average molecular weight is 397 g/mol. The predicted molar refractivity (Wildman–Crippen MR) is 98.0 cm³/mol. The van der Waals surface area contributed by atoms with E-state index in [1.165, 1.54) is 12.3 Å². The van der Waals surface area contributed by atoms with Crippen molar-refractivity contribution < 1.29 is 22.3 Å². The molecule has 1 aromatic carbocycles. The van der Waals surface area contributed by atoms with E-state index >= 15 is 0 Å². The van der Waals surface area contributed by atoms with Crippen molar-refractivity contribution in [2.45, 2.75) is 30.8 Å². The van der Waals surface area contributed by atoms with Crippen molar-refractivity contribution in [3.63, 3.8) is 0 Å². The summed E-state index contributed by atoms with van der Waals surface area (Å²) in [6, 6.07) is 5.78. The maximum atomic E-state index is 13.3. The van der Waals surface area contributed by atoms with Crippen molar-refractivity contribution in [3.8, 4) is 0 Å². The summed E-state index contributed by atoms with van der Waals surface area (Å²) in [5.41, 5.74) is -0.0752. The number of hydrogen-bond donors (Lipinski definition) is 2. The smallest absolute Gasteiger partial charge is 0.263 e. The number of aliphatic hydroxyl groups excluding tert-OH is 1. The standard InChI is InChI=1S/C18H21F2N3O3S/c1-12(24)13-3-2-8-23(11-13)18-7-5-15(10-21-18)27(25,26)22-14-4-6-16(19)17(20)9-14/h4-7,9-10,12-13,22,24H,2-3,8,11H2,1H3. The third-order valence-corrected chi connectivity index (χ3v) is 6.03. The van der Waals surface area contributed by atoms with Crippen molar-refractivity contribution >= 4 is 21.5 Å². The molecule has 2 unspecified atom stereocenters. The van der Waals surface area contributed by atoms with E-state index in [2.05, 4.69) is 9.71 Å². The summed E-state index contributed by atoms with van der Waals surface area (Å²) in [5, 5.41) is 9.78. The summed E-state index contributed by atoms with van der Waals surface area (Å²) in [7, 11) is -3.97. The number of halogens is 2. The molecule has 9 heteroatoms. The minimum absolute atomic E-state index is 0.0752. The molecule has 1 aromatic heterocycles. The highest BCUT2D eigenvalue weighted by atomic mass is 32.2. The third kappa shape index (κ3) is 4.54. The number of sulfonamides is 1. The Morgan fingerprint density at radius 1 is 1.26 bits per heavy atom. The average Bonchev–Trinajstić information content (AvgIpc) is 2.65. The number of aliphatic hydroxyl groups is 1. The molecule has 0 amide bonds. The van der Waals surface area contributed by atoms with Gasteiger partial charge in [0.25, 0.3) is 10.0 Å². The van der Waals surface area contributed by atoms with E-state index in [1.54, 1.807) is 13.0 Å². The van der Waals surface area contributed by atoms with Gasteiger partial charge >= 0.3 is 0 Å². The Hall–Kier alpha value is -2.26. The van der Waals surface area contributed by atoms with Crippen molar-refractivity contribution in [3.05, 3.63) is 48.2 Å². The number of nitrogens with one attached hydrogen (secondary N) is 1. The Bertz CT molecular complexity index is 905. The summed E-state index contributed by atoms with van der Waals surface area (Å²) >= 11 is 0. The molecule has 27 heavy (non-hydrogen) atoms. The lowest BCUT2D eigenvalue weighted by Gasteiger charge is -2.34. The lowest BCUT2D eigenvalue weighted by Crippen LogP contribution is -2.39. The van der Waals surface area contributed by atoms with Gasteiger partial charge in [0.1, 0.15) is 10.7 Å². The van der Waals surface area contributed by atoms with Crippen LogP contribution in [0.2, 0.25) is 0 Å². The number of nitrogens with zero attached hydrogens (tertiary/aromatic N) is 2. The van der Waals surface area contributed by atoms with Crippen molar-refractivity contribution in [1.29, 1.82) is 0 Å². The van der Waals surface area contributed by atoms with Gasteiger partial charge in [0.2, 0.25) is 0 Å². The fourth-order valence-corrected chi connectivity index (χ4v) is 4.10. The first-order valence-electron chi connectivity index (χ1n) is 8.63. The molecular formula is C18H21F2N3O3S. The van der Waals surface area contributed by atoms with Gasteiger partial charge in [0.05, 0.1) is 11.8 Å². The molecule has 2 atom stereocenters. The van der Waals surface area contributed by atoms with Crippen LogP contribution in [0.25, 0.3) is 0 Å². The lowest BCUT2D eigenvalue weighted by atomic mass is 9.93. The normalized spacial score (nSPS) is 19.0. The number of benzene rings is 1. The van der Waals surface area contributed by atoms with E-state index in [1.807, 2.05) is 4.90 Å². The second-order valence-corrected chi connectivity index (χ2v) is 8.36. The zero-order valence-electron chi connectivity index (χ0n) is 14.8. The highest BCUT2D eigenvalue weighted by Crippen LogP contribution is 2.25. The molecule has 6 nitrogen and oxygen atoms in total. The zero-order valence-corrected chi connectivity index (χ0v) is 15.6. The van der Waals surface area contributed by atoms with E-state index in [9.17, 15) is 22.3 Å². The van der Waals surface area contributed by atoms with Crippen LogP contribution in [0.4, 0.5) is 20.3 Å². The minimum Gasteiger partial charge on any atom is -0.393 e. The van der Waals surface area contributed by atoms with Crippen LogP contribution in [-0.2, 0) is 10.0 Å². The molecule has 0 saturated carbocycles. The van der Waals surface area contributed by atoms with Crippen molar-refractivity contribution in [2.75, 3.05) is 22.7 Å². The van der Waals surface area contributed by atoms with Crippen LogP contribution >= 0.6 is 0 Å². The van der Waals surface area contributed by atoms with Gasteiger partial charge in [-0.3, -0.25) is 4.72 Å². The Morgan fingerprint density at radius 3 is 2.67 bits per heavy atom. The number of anilines is 2. The van der Waals surface area contributed by atoms with Crippen LogP contribution in [0.1, 0.15) is 19.8 Å². The summed E-state index contributed by atoms with van der Waals surface area (Å²) in [6.45, 7) is 3.21. The van der Waals surface area contributed by atoms with Gasteiger partial charge in [-0.1, -0.05) is 0 Å². The predicted octanol–water partition coefficient (Wildman–Crippen LogP) is 2.76. The Morgan fingerprint density at radius 2 is 2.04 bits per heavy atom. The van der Waals surface area contributed by atoms with Crippen molar-refractivity contribution in [1.82, 2.24) is 4.98 Å². The second kappa shape index (κ2) is 7.77. The van der Waals surface area contributed by atoms with Gasteiger partial charge in [0.15, 0.2) is 11.6 Å². The minimum atomic E-state index is -3.97. The van der Waals surface area contributed by atoms with Crippen LogP contribution in [-0.4, -0.2) is 37.7 Å². The fourth-order valence-electron chi connectivity index (χ4n) is 3.10. The second-order valence-electron chi connectivity index (χ2n) is 6.68. The topological polar surface area (TPSA) is 82.5 Å². The zero-order chi connectivity index (χ0) is 19.6. The molecule has 1 aliphatic rings. The monoisotopic (exact) mass is 397 g/mol. The van der Waals surface area contributed by atoms with E-state index < -0.39 is 27.8 Å². The van der Waals surface area contributed by atoms with Crippen LogP contribution in [0.15, 0.2) is 41.4 Å². The molecule has 2 heterocycles. The third-order valence-electron chi connectivity index (χ3n) is 4.67. The Kier molecular flexibility index (Phi) is 5.61. The molecule has 0 bridgehead atoms. The first-order chi connectivity index (χ1) is 12.8. The quantitative estimate of drug-likeness (QED) is 0.811. The van der Waals surface area contributed by atoms with Gasteiger partial charge < -0.3 is 10.0 Å². The molecule has 0 aliphatic carbocycles. The number of pyridine rings is 1. The summed E-state index contributed by atoms with van der Waals surface area (Å²) in [5.74, 6) is -1.41. The molecule has 1 aliphatic heterocycles. The van der Waals surface area contributed by atoms with E-state index in [-0.39, 0.29) is 16.5 Å². The Balaban J connectivity index is 1.74. The Labute approximate surface area is 156 Å². The van der Waals surface area contributed by atoms with Gasteiger partial charge in [0, 0.05) is 31.3 Å². The molecule has 0 spiro atoms. The highest BCUT2D eigenvalue weighted by molar-refractivity contribution is 7.92. The van der Waals surface area contributed by atoms with Gasteiger partial charge in [-0.25, -0.2) is 22.2 Å². The molecule has 1 fully saturated rings. The first kappa shape index (κ1) is 19.5. The van der Waals surface area contributed by atoms with E-state index in [0.717, 1.165) is 37.6 Å². The molecule has 3 rings (SSSR count). The van der Waals surface area contributed by atoms with Crippen molar-refractivity contribution in [2.24, 2.45) is 5.92 Å². The molecule has 1 saturated heterocycles. The van der Waals surface area contributed by atoms with Crippen LogP contribution < -0.4 is 9.62 Å². The van der Waals surface area contributed by atoms with Crippen LogP contribution in [0.5, 0.6) is 0 Å². The van der Waals surface area contributed by atoms with Crippen LogP contribution in [0, 0.1) is 17.6 Å². The SMILES string of the molecule is CC(O)C1CCCN(c2ccc(S(=O)(=O)Nc3ccc(F)c(F)c3)cn2)C1. The first-order valence-corrected chi connectivity index (χ1v) is 10.1. The molecule has 2 aromatic rings. The number of aromatic nitrogens is 1. The summed E-state index contributed by atoms with van der Waals surface area (Å²) in [4.78, 5) is 6.16. The maximum Gasteiger partial charge on any atom is 0.263 e. The molecular weight excluding hydrogens is 376 g/mol. The molecule has 2 N–H and O–H groups in total. The largest absolute Gasteiger partial charge is 0.393 e. The van der Waals surface area contributed by atoms with E-state index in [0.29, 0.717) is 12.4 Å². The highest BCUT2D eigenvalue weighted by Gasteiger charge is 2.24. The van der Waals surface area contributed by atoms with Gasteiger partial charge in [-0.05, 0) is 44.0 Å². The van der Waals surface area contributed by atoms with Crippen LogP contribution in [0.3, 0.4) is 0 Å². The molecule has 146 valence electrons. The summed E-state index contributed by atoms with van der Waals surface area (Å²) in [6.07, 6.45) is 2.69. The van der Waals surface area contributed by atoms with E-state index in [4.69, 9.17) is 0 Å². The van der Waals surface area contributed by atoms with Gasteiger partial charge in [-0.2, -0.15) is 0 Å². The summed E-state index contributed by atoms with van der Waals surface area (Å²) < 4.78 is 53.3. The number of rotatable bonds is 5. The fraction of sp³-hybridized carbons (Fsp3) is 0.389. The van der Waals surface area contributed by atoms with Gasteiger partial charge in [-0.15, -0.1) is 0 Å². The number of piperidine rings is 1. The molecule has 0 radical (unpaired) electrons. The number of hydrogen-bond acceptors (Lipinski definition) is 5. The lowest BCUT2D eigenvalue weighted by molar-refractivity contribution is 0.115. The maximum absolute atomic E-state index is 13.3.